The lowest BCUT2D eigenvalue weighted by atomic mass is 10.3. The molecule has 0 aromatic carbocycles. The van der Waals surface area contributed by atoms with Gasteiger partial charge in [-0.2, -0.15) is 0 Å². The van der Waals surface area contributed by atoms with Crippen molar-refractivity contribution in [3.05, 3.63) is 25.9 Å². The fraction of sp³-hybridized carbons (Fsp3) is 0.500. The Morgan fingerprint density at radius 3 is 2.94 bits per heavy atom. The first-order chi connectivity index (χ1) is 7.56. The second-order valence-corrected chi connectivity index (χ2v) is 4.55. The Kier molecular flexibility index (Phi) is 4.91. The summed E-state index contributed by atoms with van der Waals surface area (Å²) in [6.45, 7) is 2.32. The second-order valence-electron chi connectivity index (χ2n) is 3.39. The molecule has 0 fully saturated rings. The number of aromatic nitrogens is 2. The minimum absolute atomic E-state index is 0.00992. The van der Waals surface area contributed by atoms with Crippen molar-refractivity contribution in [1.29, 1.82) is 0 Å². The summed E-state index contributed by atoms with van der Waals surface area (Å²) in [6, 6.07) is 0. The number of carbonyl (C=O) groups is 1. The predicted molar refractivity (Wildman–Crippen MR) is 69.3 cm³/mol. The number of rotatable bonds is 4. The first-order valence-corrected chi connectivity index (χ1v) is 6.06. The molecule has 16 heavy (non-hydrogen) atoms. The lowest BCUT2D eigenvalue weighted by Gasteiger charge is -2.08. The van der Waals surface area contributed by atoms with Crippen LogP contribution in [-0.2, 0) is 11.3 Å². The minimum atomic E-state index is -0.0370. The molecule has 0 saturated heterocycles. The van der Waals surface area contributed by atoms with Crippen molar-refractivity contribution in [2.24, 2.45) is 0 Å². The van der Waals surface area contributed by atoms with Gasteiger partial charge in [0.15, 0.2) is 0 Å². The molecule has 0 aliphatic heterocycles. The van der Waals surface area contributed by atoms with Gasteiger partial charge in [0.1, 0.15) is 5.82 Å². The monoisotopic (exact) mass is 335 g/mol. The van der Waals surface area contributed by atoms with Gasteiger partial charge in [0, 0.05) is 26.2 Å². The third-order valence-electron chi connectivity index (χ3n) is 2.27. The summed E-state index contributed by atoms with van der Waals surface area (Å²) in [4.78, 5) is 26.9. The van der Waals surface area contributed by atoms with E-state index in [9.17, 15) is 9.59 Å². The smallest absolute Gasteiger partial charge is 0.266 e. The lowest BCUT2D eigenvalue weighted by molar-refractivity contribution is -0.120. The minimum Gasteiger partial charge on any atom is -0.359 e. The van der Waals surface area contributed by atoms with Crippen LogP contribution in [0.25, 0.3) is 0 Å². The van der Waals surface area contributed by atoms with Crippen molar-refractivity contribution in [3.8, 4) is 0 Å². The number of hydrogen-bond donors (Lipinski definition) is 1. The Balaban J connectivity index is 2.71. The molecule has 88 valence electrons. The zero-order chi connectivity index (χ0) is 12.1. The largest absolute Gasteiger partial charge is 0.359 e. The molecule has 1 N–H and O–H groups in total. The van der Waals surface area contributed by atoms with Crippen LogP contribution in [0.3, 0.4) is 0 Å². The van der Waals surface area contributed by atoms with Crippen molar-refractivity contribution in [1.82, 2.24) is 14.9 Å². The standard InChI is InChI=1S/C10H14IN3O2/c1-7-13-6-8(11)10(16)14(7)5-3-4-9(15)12-2/h6H,3-5H2,1-2H3,(H,12,15). The number of halogens is 1. The molecule has 0 saturated carbocycles. The van der Waals surface area contributed by atoms with E-state index >= 15 is 0 Å². The zero-order valence-corrected chi connectivity index (χ0v) is 11.4. The van der Waals surface area contributed by atoms with Crippen molar-refractivity contribution >= 4 is 28.5 Å². The van der Waals surface area contributed by atoms with Crippen molar-refractivity contribution in [2.75, 3.05) is 7.05 Å². The van der Waals surface area contributed by atoms with Crippen LogP contribution in [0.2, 0.25) is 0 Å². The summed E-state index contributed by atoms with van der Waals surface area (Å²) in [6.07, 6.45) is 2.63. The number of aryl methyl sites for hydroxylation is 1. The Morgan fingerprint density at radius 1 is 1.62 bits per heavy atom. The van der Waals surface area contributed by atoms with Crippen LogP contribution in [0.15, 0.2) is 11.0 Å². The molecule has 0 atom stereocenters. The number of nitrogens with one attached hydrogen (secondary N) is 1. The maximum Gasteiger partial charge on any atom is 0.266 e. The molecule has 1 aromatic heterocycles. The molecule has 5 nitrogen and oxygen atoms in total. The Bertz CT molecular complexity index is 442. The third-order valence-corrected chi connectivity index (χ3v) is 3.01. The van der Waals surface area contributed by atoms with Gasteiger partial charge in [-0.3, -0.25) is 14.2 Å². The van der Waals surface area contributed by atoms with Crippen molar-refractivity contribution in [2.45, 2.75) is 26.3 Å². The van der Waals surface area contributed by atoms with E-state index in [2.05, 4.69) is 10.3 Å². The zero-order valence-electron chi connectivity index (χ0n) is 9.29. The molecule has 0 bridgehead atoms. The van der Waals surface area contributed by atoms with E-state index in [1.165, 1.54) is 0 Å². The van der Waals surface area contributed by atoms with Crippen LogP contribution in [0.4, 0.5) is 0 Å². The van der Waals surface area contributed by atoms with Crippen LogP contribution in [-0.4, -0.2) is 22.5 Å². The van der Waals surface area contributed by atoms with Crippen LogP contribution >= 0.6 is 22.6 Å². The Labute approximate surface area is 107 Å². The lowest BCUT2D eigenvalue weighted by Crippen LogP contribution is -2.26. The molecular formula is C10H14IN3O2. The van der Waals surface area contributed by atoms with Gasteiger partial charge >= 0.3 is 0 Å². The van der Waals surface area contributed by atoms with E-state index in [1.807, 2.05) is 22.6 Å². The molecule has 1 amide bonds. The molecule has 1 rings (SSSR count). The van der Waals surface area contributed by atoms with Crippen molar-refractivity contribution in [3.63, 3.8) is 0 Å². The number of nitrogens with zero attached hydrogens (tertiary/aromatic N) is 2. The SMILES string of the molecule is CNC(=O)CCCn1c(C)ncc(I)c1=O. The number of carbonyl (C=O) groups excluding carboxylic acids is 1. The highest BCUT2D eigenvalue weighted by Crippen LogP contribution is 2.00. The van der Waals surface area contributed by atoms with E-state index < -0.39 is 0 Å². The van der Waals surface area contributed by atoms with E-state index in [-0.39, 0.29) is 11.5 Å². The summed E-state index contributed by atoms with van der Waals surface area (Å²) < 4.78 is 2.20. The van der Waals surface area contributed by atoms with Gasteiger partial charge in [-0.25, -0.2) is 4.98 Å². The maximum absolute atomic E-state index is 11.7. The molecule has 1 aromatic rings. The highest BCUT2D eigenvalue weighted by atomic mass is 127. The molecule has 0 aliphatic carbocycles. The summed E-state index contributed by atoms with van der Waals surface area (Å²) in [5, 5.41) is 2.55. The quantitative estimate of drug-likeness (QED) is 0.824. The molecule has 0 radical (unpaired) electrons. The summed E-state index contributed by atoms with van der Waals surface area (Å²) in [7, 11) is 1.60. The Morgan fingerprint density at radius 2 is 2.31 bits per heavy atom. The van der Waals surface area contributed by atoms with Crippen LogP contribution in [0.5, 0.6) is 0 Å². The predicted octanol–water partition coefficient (Wildman–Crippen LogP) is 0.683. The molecule has 0 spiro atoms. The van der Waals surface area contributed by atoms with Gasteiger partial charge in [-0.15, -0.1) is 0 Å². The topological polar surface area (TPSA) is 64.0 Å². The third kappa shape index (κ3) is 3.29. The van der Waals surface area contributed by atoms with Gasteiger partial charge in [-0.05, 0) is 35.9 Å². The van der Waals surface area contributed by atoms with Crippen LogP contribution < -0.4 is 10.9 Å². The van der Waals surface area contributed by atoms with Crippen LogP contribution in [0.1, 0.15) is 18.7 Å². The summed E-state index contributed by atoms with van der Waals surface area (Å²) >= 11 is 1.96. The highest BCUT2D eigenvalue weighted by molar-refractivity contribution is 14.1. The Hall–Kier alpha value is -0.920. The van der Waals surface area contributed by atoms with E-state index in [0.29, 0.717) is 28.8 Å². The van der Waals surface area contributed by atoms with E-state index in [0.717, 1.165) is 0 Å². The molecule has 0 aliphatic rings. The molecule has 0 unspecified atom stereocenters. The fourth-order valence-electron chi connectivity index (χ4n) is 1.34. The number of amides is 1. The summed E-state index contributed by atoms with van der Waals surface area (Å²) in [5.74, 6) is 0.673. The van der Waals surface area contributed by atoms with Crippen LogP contribution in [0, 0.1) is 10.5 Å². The van der Waals surface area contributed by atoms with Gasteiger partial charge in [0.05, 0.1) is 3.57 Å². The highest BCUT2D eigenvalue weighted by Gasteiger charge is 2.05. The second kappa shape index (κ2) is 5.97. The van der Waals surface area contributed by atoms with Crippen molar-refractivity contribution < 1.29 is 4.79 Å². The van der Waals surface area contributed by atoms with E-state index in [4.69, 9.17) is 0 Å². The first-order valence-electron chi connectivity index (χ1n) is 4.98. The van der Waals surface area contributed by atoms with Gasteiger partial charge in [0.25, 0.3) is 5.56 Å². The van der Waals surface area contributed by atoms with Gasteiger partial charge in [-0.1, -0.05) is 0 Å². The summed E-state index contributed by atoms with van der Waals surface area (Å²) in [5.41, 5.74) is -0.0370. The number of hydrogen-bond acceptors (Lipinski definition) is 3. The molecule has 6 heteroatoms. The van der Waals surface area contributed by atoms with E-state index in [1.54, 1.807) is 24.7 Å². The average Bonchev–Trinajstić information content (AvgIpc) is 2.28. The molecular weight excluding hydrogens is 321 g/mol. The molecule has 1 heterocycles. The first kappa shape index (κ1) is 13.1. The fourth-order valence-corrected chi connectivity index (χ4v) is 1.77. The average molecular weight is 335 g/mol. The van der Waals surface area contributed by atoms with Gasteiger partial charge in [0.2, 0.25) is 5.91 Å². The normalized spacial score (nSPS) is 10.2. The van der Waals surface area contributed by atoms with Gasteiger partial charge < -0.3 is 5.32 Å². The maximum atomic E-state index is 11.7.